The van der Waals surface area contributed by atoms with E-state index in [-0.39, 0.29) is 5.97 Å². The fourth-order valence-corrected chi connectivity index (χ4v) is 6.58. The summed E-state index contributed by atoms with van der Waals surface area (Å²) >= 11 is 0. The van der Waals surface area contributed by atoms with Crippen LogP contribution < -0.4 is 0 Å². The van der Waals surface area contributed by atoms with Gasteiger partial charge in [-0.1, -0.05) is 86.3 Å². The van der Waals surface area contributed by atoms with E-state index in [1.165, 1.54) is 0 Å². The van der Waals surface area contributed by atoms with E-state index in [0.717, 1.165) is 31.2 Å². The van der Waals surface area contributed by atoms with Gasteiger partial charge in [0.1, 0.15) is 17.9 Å². The lowest BCUT2D eigenvalue weighted by Gasteiger charge is -2.43. The number of carbonyl (C=O) groups is 2. The van der Waals surface area contributed by atoms with Crippen molar-refractivity contribution in [1.82, 2.24) is 9.80 Å². The summed E-state index contributed by atoms with van der Waals surface area (Å²) in [6, 6.07) is 18.7. The molecule has 0 saturated heterocycles. The number of hydrogen-bond donors (Lipinski definition) is 3. The summed E-state index contributed by atoms with van der Waals surface area (Å²) in [6.45, 7) is 1.67. The monoisotopic (exact) mass is 582 g/mol. The Labute approximate surface area is 251 Å². The SMILES string of the molecule is CN(C)CCC(C(=O)O)(c1ccccc1)C1(O)CCCC1.CN(C)CCOC(=O)C(c1ccccc1)C1(O)CCCC1. The van der Waals surface area contributed by atoms with Gasteiger partial charge in [-0.25, -0.2) is 0 Å². The van der Waals surface area contributed by atoms with E-state index < -0.39 is 28.5 Å². The van der Waals surface area contributed by atoms with E-state index in [1.54, 1.807) is 0 Å². The molecule has 3 N–H and O–H groups in total. The second-order valence-corrected chi connectivity index (χ2v) is 12.5. The topological polar surface area (TPSA) is 111 Å². The van der Waals surface area contributed by atoms with Crippen molar-refractivity contribution >= 4 is 11.9 Å². The Kier molecular flexibility index (Phi) is 12.1. The maximum absolute atomic E-state index is 12.5. The number of esters is 1. The predicted molar refractivity (Wildman–Crippen MR) is 164 cm³/mol. The van der Waals surface area contributed by atoms with Crippen molar-refractivity contribution < 1.29 is 29.6 Å². The Morgan fingerprint density at radius 1 is 0.810 bits per heavy atom. The van der Waals surface area contributed by atoms with E-state index in [1.807, 2.05) is 98.7 Å². The number of nitrogens with zero attached hydrogens (tertiary/aromatic N) is 2. The standard InChI is InChI=1S/2C17H25NO3/c1-18(2)13-12-17(15(19)20,14-8-4-3-5-9-14)16(21)10-6-7-11-16;1-18(2)12-13-21-16(19)15(14-8-4-3-5-9-14)17(20)10-6-7-11-17/h3-5,8-9,21H,6-7,10-13H2,1-2H3,(H,19,20);3-5,8-9,15,20H,6-7,10-13H2,1-2H3. The van der Waals surface area contributed by atoms with Gasteiger partial charge in [0.25, 0.3) is 0 Å². The largest absolute Gasteiger partial charge is 0.480 e. The van der Waals surface area contributed by atoms with Crippen LogP contribution in [0.3, 0.4) is 0 Å². The summed E-state index contributed by atoms with van der Waals surface area (Å²) in [5.41, 5.74) is -1.79. The van der Waals surface area contributed by atoms with Gasteiger partial charge in [0.05, 0.1) is 11.2 Å². The molecule has 2 unspecified atom stereocenters. The molecule has 0 amide bonds. The number of likely N-dealkylation sites (N-methyl/N-ethyl adjacent to an activating group) is 1. The highest BCUT2D eigenvalue weighted by Gasteiger charge is 2.57. The minimum absolute atomic E-state index is 0.313. The van der Waals surface area contributed by atoms with Crippen molar-refractivity contribution in [2.75, 3.05) is 47.9 Å². The number of carboxylic acids is 1. The molecule has 2 fully saturated rings. The molecule has 2 saturated carbocycles. The number of carboxylic acid groups (broad SMARTS) is 1. The minimum Gasteiger partial charge on any atom is -0.480 e. The molecule has 0 heterocycles. The van der Waals surface area contributed by atoms with Crippen LogP contribution in [0, 0.1) is 0 Å². The summed E-state index contributed by atoms with van der Waals surface area (Å²) < 4.78 is 5.41. The lowest BCUT2D eigenvalue weighted by Crippen LogP contribution is -2.56. The normalized spacial score (nSPS) is 19.5. The van der Waals surface area contributed by atoms with Crippen LogP contribution in [0.4, 0.5) is 0 Å². The zero-order valence-corrected chi connectivity index (χ0v) is 25.8. The average Bonchev–Trinajstić information content (AvgIpc) is 3.59. The molecular formula is C34H50N2O6. The minimum atomic E-state index is -1.23. The molecule has 2 aliphatic rings. The summed E-state index contributed by atoms with van der Waals surface area (Å²) in [5, 5.41) is 32.0. The number of hydrogen-bond acceptors (Lipinski definition) is 7. The molecule has 0 spiro atoms. The highest BCUT2D eigenvalue weighted by atomic mass is 16.5. The third kappa shape index (κ3) is 7.98. The smallest absolute Gasteiger partial charge is 0.317 e. The molecule has 8 nitrogen and oxygen atoms in total. The Bertz CT molecular complexity index is 1110. The first kappa shape index (κ1) is 33.7. The van der Waals surface area contributed by atoms with Crippen LogP contribution in [0.2, 0.25) is 0 Å². The van der Waals surface area contributed by atoms with Gasteiger partial charge >= 0.3 is 11.9 Å². The second-order valence-electron chi connectivity index (χ2n) is 12.5. The molecule has 2 aromatic rings. The summed E-state index contributed by atoms with van der Waals surface area (Å²) in [7, 11) is 7.73. The van der Waals surface area contributed by atoms with Gasteiger partial charge in [0, 0.05) is 6.54 Å². The van der Waals surface area contributed by atoms with Crippen molar-refractivity contribution in [2.24, 2.45) is 0 Å². The molecule has 4 rings (SSSR count). The molecule has 232 valence electrons. The fourth-order valence-electron chi connectivity index (χ4n) is 6.58. The van der Waals surface area contributed by atoms with Crippen LogP contribution in [0.5, 0.6) is 0 Å². The fraction of sp³-hybridized carbons (Fsp3) is 0.588. The van der Waals surface area contributed by atoms with Crippen molar-refractivity contribution in [3.8, 4) is 0 Å². The number of benzene rings is 2. The van der Waals surface area contributed by atoms with Crippen LogP contribution >= 0.6 is 0 Å². The molecule has 2 aliphatic carbocycles. The van der Waals surface area contributed by atoms with E-state index in [9.17, 15) is 24.9 Å². The lowest BCUT2D eigenvalue weighted by molar-refractivity contribution is -0.158. The van der Waals surface area contributed by atoms with E-state index in [0.29, 0.717) is 57.4 Å². The van der Waals surface area contributed by atoms with Crippen LogP contribution in [-0.2, 0) is 19.7 Å². The molecular weight excluding hydrogens is 532 g/mol. The zero-order valence-electron chi connectivity index (χ0n) is 25.8. The van der Waals surface area contributed by atoms with E-state index >= 15 is 0 Å². The first-order chi connectivity index (χ1) is 19.9. The third-order valence-electron chi connectivity index (χ3n) is 8.95. The number of aliphatic hydroxyl groups is 2. The Hall–Kier alpha value is -2.78. The van der Waals surface area contributed by atoms with Crippen molar-refractivity contribution in [1.29, 1.82) is 0 Å². The third-order valence-corrected chi connectivity index (χ3v) is 8.95. The zero-order chi connectivity index (χ0) is 30.8. The van der Waals surface area contributed by atoms with Gasteiger partial charge < -0.3 is 29.9 Å². The first-order valence-corrected chi connectivity index (χ1v) is 15.2. The van der Waals surface area contributed by atoms with Gasteiger partial charge in [0.2, 0.25) is 0 Å². The summed E-state index contributed by atoms with van der Waals surface area (Å²) in [4.78, 5) is 28.7. The van der Waals surface area contributed by atoms with Crippen LogP contribution in [0.25, 0.3) is 0 Å². The Morgan fingerprint density at radius 2 is 1.31 bits per heavy atom. The number of ether oxygens (including phenoxy) is 1. The Balaban J connectivity index is 0.000000230. The van der Waals surface area contributed by atoms with Crippen molar-refractivity contribution in [3.63, 3.8) is 0 Å². The van der Waals surface area contributed by atoms with Gasteiger partial charge in [0.15, 0.2) is 0 Å². The van der Waals surface area contributed by atoms with Crippen LogP contribution in [0.15, 0.2) is 60.7 Å². The predicted octanol–water partition coefficient (Wildman–Crippen LogP) is 4.45. The number of carbonyl (C=O) groups excluding carboxylic acids is 1. The van der Waals surface area contributed by atoms with Gasteiger partial charge in [-0.3, -0.25) is 9.59 Å². The van der Waals surface area contributed by atoms with E-state index in [4.69, 9.17) is 4.74 Å². The molecule has 2 aromatic carbocycles. The lowest BCUT2D eigenvalue weighted by atomic mass is 9.64. The molecule has 0 aromatic heterocycles. The molecule has 42 heavy (non-hydrogen) atoms. The van der Waals surface area contributed by atoms with Crippen LogP contribution in [0.1, 0.15) is 74.8 Å². The Morgan fingerprint density at radius 3 is 1.81 bits per heavy atom. The highest BCUT2D eigenvalue weighted by molar-refractivity contribution is 5.83. The number of aliphatic carboxylic acids is 1. The second kappa shape index (κ2) is 15.1. The number of rotatable bonds is 12. The van der Waals surface area contributed by atoms with Gasteiger partial charge in [-0.15, -0.1) is 0 Å². The van der Waals surface area contributed by atoms with Crippen molar-refractivity contribution in [2.45, 2.75) is 80.3 Å². The van der Waals surface area contributed by atoms with Gasteiger partial charge in [-0.2, -0.15) is 0 Å². The molecule has 8 heteroatoms. The quantitative estimate of drug-likeness (QED) is 0.315. The molecule has 0 radical (unpaired) electrons. The summed E-state index contributed by atoms with van der Waals surface area (Å²) in [5.74, 6) is -1.81. The highest BCUT2D eigenvalue weighted by Crippen LogP contribution is 2.48. The van der Waals surface area contributed by atoms with E-state index in [2.05, 4.69) is 0 Å². The molecule has 0 aliphatic heterocycles. The van der Waals surface area contributed by atoms with Gasteiger partial charge in [-0.05, 0) is 78.0 Å². The molecule has 0 bridgehead atoms. The average molecular weight is 583 g/mol. The van der Waals surface area contributed by atoms with Crippen LogP contribution in [-0.4, -0.2) is 96.1 Å². The maximum Gasteiger partial charge on any atom is 0.317 e. The first-order valence-electron chi connectivity index (χ1n) is 15.2. The van der Waals surface area contributed by atoms with Crippen molar-refractivity contribution in [3.05, 3.63) is 71.8 Å². The maximum atomic E-state index is 12.5. The summed E-state index contributed by atoms with van der Waals surface area (Å²) in [6.07, 6.45) is 6.56. The molecule has 2 atom stereocenters.